The lowest BCUT2D eigenvalue weighted by Gasteiger charge is -2.43. The number of aromatic carboxylic acids is 1. The van der Waals surface area contributed by atoms with Gasteiger partial charge in [0.2, 0.25) is 0 Å². The molecule has 0 spiro atoms. The number of aryl methyl sites for hydroxylation is 1. The van der Waals surface area contributed by atoms with E-state index in [0.29, 0.717) is 76.5 Å². The van der Waals surface area contributed by atoms with Gasteiger partial charge in [0.05, 0.1) is 18.7 Å². The Morgan fingerprint density at radius 1 is 0.947 bits per heavy atom. The summed E-state index contributed by atoms with van der Waals surface area (Å²) >= 11 is 0. The van der Waals surface area contributed by atoms with E-state index in [-0.39, 0.29) is 28.1 Å². The third-order valence-electron chi connectivity index (χ3n) is 7.72. The molecule has 2 aromatic rings. The Bertz CT molecular complexity index is 1410. The van der Waals surface area contributed by atoms with Gasteiger partial charge in [-0.25, -0.2) is 9.78 Å². The smallest absolute Gasteiger partial charge is 0.354 e. The summed E-state index contributed by atoms with van der Waals surface area (Å²) in [5.41, 5.74) is 2.92. The molecular formula is C31H33NO6. The average Bonchev–Trinajstić information content (AvgIpc) is 2.80. The van der Waals surface area contributed by atoms with Crippen molar-refractivity contribution < 1.29 is 29.0 Å². The van der Waals surface area contributed by atoms with Crippen LogP contribution in [0.2, 0.25) is 0 Å². The first-order chi connectivity index (χ1) is 17.8. The molecule has 1 aliphatic heterocycles. The van der Waals surface area contributed by atoms with E-state index in [1.165, 1.54) is 0 Å². The molecule has 7 nitrogen and oxygen atoms in total. The van der Waals surface area contributed by atoms with E-state index in [4.69, 9.17) is 9.47 Å². The second-order valence-corrected chi connectivity index (χ2v) is 12.2. The lowest BCUT2D eigenvalue weighted by Crippen LogP contribution is -2.37. The number of rotatable bonds is 4. The van der Waals surface area contributed by atoms with Crippen LogP contribution in [0.5, 0.6) is 5.75 Å². The van der Waals surface area contributed by atoms with Gasteiger partial charge < -0.3 is 14.6 Å². The molecule has 1 N–H and O–H groups in total. The highest BCUT2D eigenvalue weighted by Gasteiger charge is 2.48. The van der Waals surface area contributed by atoms with Crippen molar-refractivity contribution in [3.8, 4) is 17.0 Å². The zero-order valence-electron chi connectivity index (χ0n) is 22.7. The number of methoxy groups -OCH3 is 1. The van der Waals surface area contributed by atoms with E-state index >= 15 is 0 Å². The fraction of sp³-hybridized carbons (Fsp3) is 0.419. The second-order valence-electron chi connectivity index (χ2n) is 12.2. The molecule has 7 heteroatoms. The summed E-state index contributed by atoms with van der Waals surface area (Å²) in [6.07, 6.45) is 1.91. The molecular weight excluding hydrogens is 482 g/mol. The predicted octanol–water partition coefficient (Wildman–Crippen LogP) is 6.16. The van der Waals surface area contributed by atoms with Gasteiger partial charge in [-0.15, -0.1) is 0 Å². The quantitative estimate of drug-likeness (QED) is 0.520. The average molecular weight is 516 g/mol. The maximum Gasteiger partial charge on any atom is 0.354 e. The maximum atomic E-state index is 13.7. The van der Waals surface area contributed by atoms with E-state index in [1.807, 2.05) is 12.1 Å². The van der Waals surface area contributed by atoms with Gasteiger partial charge in [-0.2, -0.15) is 0 Å². The Balaban J connectivity index is 1.74. The first-order valence-electron chi connectivity index (χ1n) is 12.9. The van der Waals surface area contributed by atoms with Crippen LogP contribution in [0.4, 0.5) is 0 Å². The first-order valence-corrected chi connectivity index (χ1v) is 12.9. The summed E-state index contributed by atoms with van der Waals surface area (Å²) in [5, 5.41) is 9.60. The van der Waals surface area contributed by atoms with Crippen molar-refractivity contribution in [2.75, 3.05) is 7.11 Å². The number of aromatic nitrogens is 1. The van der Waals surface area contributed by atoms with Crippen LogP contribution in [0.1, 0.15) is 80.9 Å². The van der Waals surface area contributed by atoms with E-state index in [9.17, 15) is 19.5 Å². The Morgan fingerprint density at radius 2 is 1.53 bits per heavy atom. The van der Waals surface area contributed by atoms with Crippen LogP contribution in [0, 0.1) is 17.8 Å². The highest BCUT2D eigenvalue weighted by molar-refractivity contribution is 6.06. The van der Waals surface area contributed by atoms with Crippen molar-refractivity contribution in [3.05, 3.63) is 69.8 Å². The monoisotopic (exact) mass is 515 g/mol. The summed E-state index contributed by atoms with van der Waals surface area (Å²) in [5.74, 6) is 0.0292. The Labute approximate surface area is 222 Å². The molecule has 38 heavy (non-hydrogen) atoms. The number of hydrogen-bond donors (Lipinski definition) is 1. The van der Waals surface area contributed by atoms with Crippen LogP contribution < -0.4 is 4.74 Å². The number of carboxylic acids is 1. The van der Waals surface area contributed by atoms with Crippen molar-refractivity contribution in [3.63, 3.8) is 0 Å². The minimum Gasteiger partial charge on any atom is -0.496 e. The summed E-state index contributed by atoms with van der Waals surface area (Å²) < 4.78 is 12.2. The Kier molecular flexibility index (Phi) is 6.08. The van der Waals surface area contributed by atoms with E-state index < -0.39 is 11.9 Å². The predicted molar refractivity (Wildman–Crippen MR) is 142 cm³/mol. The number of pyridine rings is 1. The van der Waals surface area contributed by atoms with E-state index in [2.05, 4.69) is 32.7 Å². The van der Waals surface area contributed by atoms with Crippen molar-refractivity contribution in [2.45, 2.75) is 66.2 Å². The van der Waals surface area contributed by atoms with Gasteiger partial charge in [0.15, 0.2) is 17.3 Å². The number of hydrogen-bond acceptors (Lipinski definition) is 6. The summed E-state index contributed by atoms with van der Waals surface area (Å²) in [6.45, 7) is 9.92. The molecule has 0 unspecified atom stereocenters. The minimum absolute atomic E-state index is 0.0182. The van der Waals surface area contributed by atoms with Gasteiger partial charge in [0.1, 0.15) is 17.3 Å². The highest BCUT2D eigenvalue weighted by atomic mass is 16.5. The molecule has 3 aliphatic rings. The van der Waals surface area contributed by atoms with Gasteiger partial charge in [-0.3, -0.25) is 9.59 Å². The molecule has 2 aliphatic carbocycles. The summed E-state index contributed by atoms with van der Waals surface area (Å²) in [6, 6.07) is 8.97. The van der Waals surface area contributed by atoms with Gasteiger partial charge in [-0.05, 0) is 47.6 Å². The molecule has 198 valence electrons. The molecule has 0 atom stereocenters. The fourth-order valence-electron chi connectivity index (χ4n) is 6.01. The normalized spacial score (nSPS) is 20.6. The fourth-order valence-corrected chi connectivity index (χ4v) is 6.01. The number of Topliss-reactive ketones (excluding diaryl/α,β-unsaturated/α-hetero) is 2. The highest BCUT2D eigenvalue weighted by Crippen LogP contribution is 2.54. The largest absolute Gasteiger partial charge is 0.496 e. The number of nitrogens with zero attached hydrogens (tertiary/aromatic N) is 1. The van der Waals surface area contributed by atoms with Gasteiger partial charge in [0.25, 0.3) is 0 Å². The van der Waals surface area contributed by atoms with Crippen molar-refractivity contribution in [1.82, 2.24) is 4.98 Å². The molecule has 2 heterocycles. The van der Waals surface area contributed by atoms with E-state index in [1.54, 1.807) is 32.2 Å². The molecule has 0 saturated carbocycles. The second kappa shape index (κ2) is 8.93. The Morgan fingerprint density at radius 3 is 2.05 bits per heavy atom. The van der Waals surface area contributed by atoms with Gasteiger partial charge in [0, 0.05) is 48.0 Å². The number of carbonyl (C=O) groups is 3. The lowest BCUT2D eigenvalue weighted by atomic mass is 9.65. The number of allylic oxidation sites excluding steroid dienone is 4. The standard InChI is InChI=1S/C31H33NO6/c1-16-7-9-19(32-28(16)29(35)36)17-8-10-22(37-6)18(11-17)25-26-20(33)12-30(2,3)14-23(26)38-24-15-31(4,5)13-21(34)27(24)25/h7-11,25H,12-15H2,1-6H3,(H,35,36). The molecule has 0 saturated heterocycles. The van der Waals surface area contributed by atoms with Crippen molar-refractivity contribution in [2.24, 2.45) is 10.8 Å². The summed E-state index contributed by atoms with van der Waals surface area (Å²) in [4.78, 5) is 43.4. The van der Waals surface area contributed by atoms with Crippen LogP contribution in [0.25, 0.3) is 11.3 Å². The number of benzene rings is 1. The third kappa shape index (κ3) is 4.44. The van der Waals surface area contributed by atoms with Crippen molar-refractivity contribution in [1.29, 1.82) is 0 Å². The van der Waals surface area contributed by atoms with E-state index in [0.717, 1.165) is 0 Å². The molecule has 0 fully saturated rings. The van der Waals surface area contributed by atoms with Crippen molar-refractivity contribution >= 4 is 17.5 Å². The Hall–Kier alpha value is -3.74. The summed E-state index contributed by atoms with van der Waals surface area (Å²) in [7, 11) is 1.56. The number of carboxylic acid groups (broad SMARTS) is 1. The van der Waals surface area contributed by atoms with Crippen LogP contribution in [-0.4, -0.2) is 34.7 Å². The van der Waals surface area contributed by atoms with Crippen LogP contribution in [-0.2, 0) is 14.3 Å². The first kappa shape index (κ1) is 25.9. The third-order valence-corrected chi connectivity index (χ3v) is 7.72. The lowest BCUT2D eigenvalue weighted by molar-refractivity contribution is -0.120. The van der Waals surface area contributed by atoms with Crippen LogP contribution in [0.3, 0.4) is 0 Å². The molecule has 0 radical (unpaired) electrons. The van der Waals surface area contributed by atoms with Crippen LogP contribution in [0.15, 0.2) is 53.0 Å². The number of carbonyl (C=O) groups excluding carboxylic acids is 2. The van der Waals surface area contributed by atoms with Gasteiger partial charge >= 0.3 is 5.97 Å². The molecule has 1 aromatic heterocycles. The zero-order chi connectivity index (χ0) is 27.6. The molecule has 5 rings (SSSR count). The van der Waals surface area contributed by atoms with Crippen LogP contribution >= 0.6 is 0 Å². The zero-order valence-corrected chi connectivity index (χ0v) is 22.7. The topological polar surface area (TPSA) is 103 Å². The van der Waals surface area contributed by atoms with Gasteiger partial charge in [-0.1, -0.05) is 33.8 Å². The minimum atomic E-state index is -1.10. The molecule has 0 amide bonds. The molecule has 0 bridgehead atoms. The maximum absolute atomic E-state index is 13.7. The molecule has 1 aromatic carbocycles. The number of ketones is 2. The SMILES string of the molecule is COc1ccc(-c2ccc(C)c(C(=O)O)n2)cc1C1C2=C(CC(C)(C)CC2=O)OC2=C1C(=O)CC(C)(C)C2. The number of ether oxygens (including phenoxy) is 2.